The van der Waals surface area contributed by atoms with Crippen LogP contribution in [0.2, 0.25) is 0 Å². The lowest BCUT2D eigenvalue weighted by Gasteiger charge is -2.27. The van der Waals surface area contributed by atoms with E-state index in [0.717, 1.165) is 12.8 Å². The van der Waals surface area contributed by atoms with Crippen molar-refractivity contribution < 1.29 is 9.53 Å². The molecule has 100 valence electrons. The molecule has 17 heavy (non-hydrogen) atoms. The summed E-state index contributed by atoms with van der Waals surface area (Å²) in [5, 5.41) is 2.97. The number of carbonyl (C=O) groups is 1. The summed E-state index contributed by atoms with van der Waals surface area (Å²) in [6, 6.07) is 0. The van der Waals surface area contributed by atoms with E-state index in [1.54, 1.807) is 0 Å². The van der Waals surface area contributed by atoms with E-state index in [2.05, 4.69) is 33.0 Å². The maximum atomic E-state index is 11.9. The van der Waals surface area contributed by atoms with Gasteiger partial charge >= 0.3 is 0 Å². The number of ether oxygens (including phenoxy) is 1. The number of hydrogen-bond donors (Lipinski definition) is 2. The lowest BCUT2D eigenvalue weighted by atomic mass is 9.82. The summed E-state index contributed by atoms with van der Waals surface area (Å²) in [6.45, 7) is 9.90. The van der Waals surface area contributed by atoms with Crippen LogP contribution in [0.4, 0.5) is 0 Å². The summed E-state index contributed by atoms with van der Waals surface area (Å²) in [5.74, 6) is 0.454. The summed E-state index contributed by atoms with van der Waals surface area (Å²) in [5.41, 5.74) is 5.73. The van der Waals surface area contributed by atoms with Gasteiger partial charge in [0.25, 0.3) is 0 Å². The molecular formula is C13H26N2O2. The molecule has 3 unspecified atom stereocenters. The Kier molecular flexibility index (Phi) is 4.95. The number of nitrogens with one attached hydrogen (secondary N) is 1. The number of hydrogen-bond acceptors (Lipinski definition) is 3. The van der Waals surface area contributed by atoms with Crippen LogP contribution in [0.3, 0.4) is 0 Å². The van der Waals surface area contributed by atoms with E-state index < -0.39 is 0 Å². The summed E-state index contributed by atoms with van der Waals surface area (Å²) in [4.78, 5) is 11.9. The smallest absolute Gasteiger partial charge is 0.249 e. The van der Waals surface area contributed by atoms with E-state index in [1.807, 2.05) is 0 Å². The number of amides is 1. The molecule has 1 amide bonds. The van der Waals surface area contributed by atoms with Crippen molar-refractivity contribution in [3.05, 3.63) is 0 Å². The van der Waals surface area contributed by atoms with E-state index in [1.165, 1.54) is 0 Å². The average Bonchev–Trinajstić information content (AvgIpc) is 2.72. The molecule has 0 aliphatic carbocycles. The Labute approximate surface area is 104 Å². The fraction of sp³-hybridized carbons (Fsp3) is 0.923. The number of carbonyl (C=O) groups excluding carboxylic acids is 1. The van der Waals surface area contributed by atoms with Gasteiger partial charge in [0.15, 0.2) is 0 Å². The number of nitrogens with two attached hydrogens (primary N) is 1. The second-order valence-electron chi connectivity index (χ2n) is 6.07. The minimum absolute atomic E-state index is 0.0112. The van der Waals surface area contributed by atoms with Crippen molar-refractivity contribution in [1.29, 1.82) is 0 Å². The lowest BCUT2D eigenvalue weighted by Crippen LogP contribution is -2.40. The van der Waals surface area contributed by atoms with Crippen molar-refractivity contribution in [2.24, 2.45) is 17.1 Å². The summed E-state index contributed by atoms with van der Waals surface area (Å²) >= 11 is 0. The molecule has 1 saturated heterocycles. The summed E-state index contributed by atoms with van der Waals surface area (Å²) in [7, 11) is 0. The molecule has 0 bridgehead atoms. The van der Waals surface area contributed by atoms with Gasteiger partial charge in [-0.05, 0) is 24.2 Å². The SMILES string of the molecule is CC(CNC(=O)C1CCC(CN)O1)C(C)(C)C. The Balaban J connectivity index is 2.31. The molecule has 3 atom stereocenters. The largest absolute Gasteiger partial charge is 0.364 e. The molecule has 3 N–H and O–H groups in total. The molecule has 4 heteroatoms. The third-order valence-corrected chi connectivity index (χ3v) is 3.72. The van der Waals surface area contributed by atoms with Crippen LogP contribution in [0.5, 0.6) is 0 Å². The first kappa shape index (κ1) is 14.5. The molecular weight excluding hydrogens is 216 g/mol. The third kappa shape index (κ3) is 4.28. The molecule has 1 aliphatic rings. The maximum absolute atomic E-state index is 11.9. The summed E-state index contributed by atoms with van der Waals surface area (Å²) < 4.78 is 5.55. The second-order valence-corrected chi connectivity index (χ2v) is 6.07. The highest BCUT2D eigenvalue weighted by Crippen LogP contribution is 2.24. The van der Waals surface area contributed by atoms with E-state index in [-0.39, 0.29) is 23.5 Å². The Morgan fingerprint density at radius 3 is 2.59 bits per heavy atom. The van der Waals surface area contributed by atoms with Crippen LogP contribution in [0, 0.1) is 11.3 Å². The van der Waals surface area contributed by atoms with Crippen LogP contribution < -0.4 is 11.1 Å². The van der Waals surface area contributed by atoms with Gasteiger partial charge in [-0.1, -0.05) is 27.7 Å². The Morgan fingerprint density at radius 1 is 1.47 bits per heavy atom. The molecule has 1 fully saturated rings. The molecule has 4 nitrogen and oxygen atoms in total. The minimum atomic E-state index is -0.296. The van der Waals surface area contributed by atoms with Crippen molar-refractivity contribution in [2.75, 3.05) is 13.1 Å². The highest BCUT2D eigenvalue weighted by atomic mass is 16.5. The first-order valence-electron chi connectivity index (χ1n) is 6.48. The molecule has 0 spiro atoms. The van der Waals surface area contributed by atoms with Crippen LogP contribution in [0.15, 0.2) is 0 Å². The highest BCUT2D eigenvalue weighted by Gasteiger charge is 2.30. The van der Waals surface area contributed by atoms with Gasteiger partial charge in [-0.25, -0.2) is 0 Å². The van der Waals surface area contributed by atoms with Crippen LogP contribution in [0.25, 0.3) is 0 Å². The monoisotopic (exact) mass is 242 g/mol. The fourth-order valence-corrected chi connectivity index (χ4v) is 1.75. The molecule has 0 aromatic heterocycles. The number of rotatable bonds is 4. The van der Waals surface area contributed by atoms with E-state index >= 15 is 0 Å². The predicted octanol–water partition coefficient (Wildman–Crippen LogP) is 1.29. The van der Waals surface area contributed by atoms with Gasteiger partial charge in [-0.15, -0.1) is 0 Å². The molecule has 0 saturated carbocycles. The van der Waals surface area contributed by atoms with E-state index in [0.29, 0.717) is 19.0 Å². The lowest BCUT2D eigenvalue weighted by molar-refractivity contribution is -0.132. The topological polar surface area (TPSA) is 64.4 Å². The fourth-order valence-electron chi connectivity index (χ4n) is 1.75. The highest BCUT2D eigenvalue weighted by molar-refractivity contribution is 5.81. The van der Waals surface area contributed by atoms with Gasteiger partial charge in [-0.3, -0.25) is 4.79 Å². The maximum Gasteiger partial charge on any atom is 0.249 e. The van der Waals surface area contributed by atoms with Crippen molar-refractivity contribution >= 4 is 5.91 Å². The Hall–Kier alpha value is -0.610. The second kappa shape index (κ2) is 5.83. The van der Waals surface area contributed by atoms with Gasteiger partial charge < -0.3 is 15.8 Å². The molecule has 1 rings (SSSR count). The zero-order valence-corrected chi connectivity index (χ0v) is 11.5. The quantitative estimate of drug-likeness (QED) is 0.781. The Bertz CT molecular complexity index is 261. The zero-order chi connectivity index (χ0) is 13.1. The van der Waals surface area contributed by atoms with E-state index in [4.69, 9.17) is 10.5 Å². The third-order valence-electron chi connectivity index (χ3n) is 3.72. The molecule has 0 aromatic carbocycles. The van der Waals surface area contributed by atoms with Gasteiger partial charge in [0, 0.05) is 13.1 Å². The van der Waals surface area contributed by atoms with Crippen LogP contribution in [0.1, 0.15) is 40.5 Å². The van der Waals surface area contributed by atoms with Crippen molar-refractivity contribution in [1.82, 2.24) is 5.32 Å². The van der Waals surface area contributed by atoms with Crippen LogP contribution in [-0.4, -0.2) is 31.2 Å². The Morgan fingerprint density at radius 2 is 2.12 bits per heavy atom. The van der Waals surface area contributed by atoms with Crippen LogP contribution >= 0.6 is 0 Å². The standard InChI is InChI=1S/C13H26N2O2/c1-9(13(2,3)4)8-15-12(16)11-6-5-10(7-14)17-11/h9-11H,5-8,14H2,1-4H3,(H,15,16). The van der Waals surface area contributed by atoms with Gasteiger partial charge in [0.05, 0.1) is 6.10 Å². The first-order valence-corrected chi connectivity index (χ1v) is 6.48. The van der Waals surface area contributed by atoms with Gasteiger partial charge in [0.1, 0.15) is 6.10 Å². The van der Waals surface area contributed by atoms with Crippen molar-refractivity contribution in [3.63, 3.8) is 0 Å². The predicted molar refractivity (Wildman–Crippen MR) is 68.6 cm³/mol. The summed E-state index contributed by atoms with van der Waals surface area (Å²) in [6.07, 6.45) is 1.45. The first-order chi connectivity index (χ1) is 7.84. The minimum Gasteiger partial charge on any atom is -0.364 e. The average molecular weight is 242 g/mol. The van der Waals surface area contributed by atoms with Gasteiger partial charge in [0.2, 0.25) is 5.91 Å². The van der Waals surface area contributed by atoms with Crippen molar-refractivity contribution in [2.45, 2.75) is 52.7 Å². The molecule has 1 heterocycles. The van der Waals surface area contributed by atoms with Crippen LogP contribution in [-0.2, 0) is 9.53 Å². The molecule has 0 aromatic rings. The molecule has 1 aliphatic heterocycles. The molecule has 0 radical (unpaired) electrons. The zero-order valence-electron chi connectivity index (χ0n) is 11.5. The normalized spacial score (nSPS) is 26.9. The van der Waals surface area contributed by atoms with Crippen molar-refractivity contribution in [3.8, 4) is 0 Å². The van der Waals surface area contributed by atoms with Gasteiger partial charge in [-0.2, -0.15) is 0 Å². The van der Waals surface area contributed by atoms with E-state index in [9.17, 15) is 4.79 Å².